The van der Waals surface area contributed by atoms with Crippen LogP contribution in [0.3, 0.4) is 0 Å². The lowest BCUT2D eigenvalue weighted by Gasteiger charge is -2.37. The molecule has 5 aromatic carbocycles. The topological polar surface area (TPSA) is 115 Å². The lowest BCUT2D eigenvalue weighted by atomic mass is 9.76. The molecule has 0 fully saturated rings. The van der Waals surface area contributed by atoms with E-state index in [0.29, 0.717) is 24.3 Å². The highest BCUT2D eigenvalue weighted by Crippen LogP contribution is 2.49. The first kappa shape index (κ1) is 59.2. The molecule has 0 saturated heterocycles. The molecular weight excluding hydrogens is 968 g/mol. The molecule has 0 saturated carbocycles. The van der Waals surface area contributed by atoms with E-state index in [1.165, 1.54) is 28.1 Å². The highest BCUT2D eigenvalue weighted by Gasteiger charge is 2.41. The smallest absolute Gasteiger partial charge is 0.292 e. The zero-order chi connectivity index (χ0) is 54.9. The number of anilines is 1. The SMILES string of the molecule is C=C(/C=C/C=C1/N(CCCCCC(=O)NC(COOP(OCCC#N)N(C(C)C)C(C)C)COC(c2ccccc2)(c2ccc(OC)cc2)c2ccc(OC)cc2)c2ccccc2C1(C)C)C(C)(C)c1ccccc1C. The monoisotopic (exact) mass is 1050 g/mol. The van der Waals surface area contributed by atoms with Crippen molar-refractivity contribution in [2.24, 2.45) is 0 Å². The van der Waals surface area contributed by atoms with E-state index in [4.69, 9.17) is 28.3 Å². The number of methoxy groups -OCH3 is 2. The minimum atomic E-state index is -1.71. The largest absolute Gasteiger partial charge is 0.497 e. The highest BCUT2D eigenvalue weighted by molar-refractivity contribution is 7.44. The number of rotatable bonds is 29. The number of hydrogen-bond acceptors (Lipinski definition) is 10. The molecule has 0 radical (unpaired) electrons. The van der Waals surface area contributed by atoms with Crippen molar-refractivity contribution in [3.63, 3.8) is 0 Å². The highest BCUT2D eigenvalue weighted by atomic mass is 31.2. The van der Waals surface area contributed by atoms with Gasteiger partial charge in [-0.1, -0.05) is 150 Å². The van der Waals surface area contributed by atoms with E-state index in [1.807, 2.05) is 78.9 Å². The van der Waals surface area contributed by atoms with Crippen molar-refractivity contribution in [3.05, 3.63) is 197 Å². The number of carbonyl (C=O) groups is 1. The Morgan fingerprint density at radius 2 is 1.39 bits per heavy atom. The standard InChI is InChI=1S/C64H81N4O7P/c1-47(2)68(48(3)4)76(74-44-24-42-65)75-73-46-54(45-72-64(51-27-15-13-16-28-51,52-34-38-55(70-11)39-35-52)53-36-40-56(71-12)41-37-53)66-61(69)33-17-14-22-43-67-59-31-21-20-30-58(59)63(9,10)60(67)32-23-26-50(6)62(7,8)57-29-19-18-25-49(57)5/h13,15-16,18-21,23,25-32,34-41,47-48,54H,6,14,17,22,24,33,43-46H2,1-5,7-12H3,(H,66,69)/b26-23+,60-32+. The van der Waals surface area contributed by atoms with Crippen LogP contribution in [0, 0.1) is 18.3 Å². The van der Waals surface area contributed by atoms with Crippen molar-refractivity contribution < 1.29 is 33.1 Å². The summed E-state index contributed by atoms with van der Waals surface area (Å²) >= 11 is 0. The van der Waals surface area contributed by atoms with Gasteiger partial charge in [0.2, 0.25) is 5.91 Å². The van der Waals surface area contributed by atoms with Crippen molar-refractivity contribution >= 4 is 20.1 Å². The Balaban J connectivity index is 1.21. The van der Waals surface area contributed by atoms with Gasteiger partial charge in [0, 0.05) is 47.3 Å². The van der Waals surface area contributed by atoms with Gasteiger partial charge < -0.3 is 29.0 Å². The number of unbranched alkanes of at least 4 members (excludes halogenated alkanes) is 2. The molecule has 1 heterocycles. The second kappa shape index (κ2) is 27.8. The number of allylic oxidation sites excluding steroid dienone is 5. The average molecular weight is 1050 g/mol. The zero-order valence-corrected chi connectivity index (χ0v) is 47.7. The number of para-hydroxylation sites is 1. The Labute approximate surface area is 455 Å². The molecule has 404 valence electrons. The fourth-order valence-electron chi connectivity index (χ4n) is 10.2. The van der Waals surface area contributed by atoms with Gasteiger partial charge in [-0.05, 0) is 123 Å². The summed E-state index contributed by atoms with van der Waals surface area (Å²) in [4.78, 5) is 22.7. The Bertz CT molecular complexity index is 2690. The maximum Gasteiger partial charge on any atom is 0.292 e. The Morgan fingerprint density at radius 3 is 2.00 bits per heavy atom. The van der Waals surface area contributed by atoms with Crippen molar-refractivity contribution in [1.82, 2.24) is 9.99 Å². The van der Waals surface area contributed by atoms with Crippen molar-refractivity contribution in [2.75, 3.05) is 45.5 Å². The van der Waals surface area contributed by atoms with Crippen LogP contribution in [-0.4, -0.2) is 69.3 Å². The third-order valence-corrected chi connectivity index (χ3v) is 16.3. The molecule has 2 unspecified atom stereocenters. The summed E-state index contributed by atoms with van der Waals surface area (Å²) < 4.78 is 32.8. The number of nitriles is 1. The van der Waals surface area contributed by atoms with E-state index >= 15 is 0 Å². The fraction of sp³-hybridized carbons (Fsp3) is 0.406. The number of ether oxygens (including phenoxy) is 3. The summed E-state index contributed by atoms with van der Waals surface area (Å²) in [6.07, 6.45) is 9.49. The van der Waals surface area contributed by atoms with Gasteiger partial charge in [0.1, 0.15) is 23.7 Å². The van der Waals surface area contributed by atoms with Crippen molar-refractivity contribution in [2.45, 2.75) is 129 Å². The van der Waals surface area contributed by atoms with Crippen LogP contribution in [0.25, 0.3) is 0 Å². The van der Waals surface area contributed by atoms with E-state index in [9.17, 15) is 10.1 Å². The van der Waals surface area contributed by atoms with Gasteiger partial charge in [-0.15, -0.1) is 0 Å². The third-order valence-electron chi connectivity index (χ3n) is 14.3. The van der Waals surface area contributed by atoms with Crippen LogP contribution < -0.4 is 19.7 Å². The molecule has 1 N–H and O–H groups in total. The Kier molecular flexibility index (Phi) is 21.6. The van der Waals surface area contributed by atoms with Gasteiger partial charge in [0.05, 0.1) is 46.0 Å². The van der Waals surface area contributed by atoms with Crippen molar-refractivity contribution in [1.29, 1.82) is 5.26 Å². The first-order chi connectivity index (χ1) is 36.5. The Morgan fingerprint density at radius 1 is 0.803 bits per heavy atom. The molecule has 76 heavy (non-hydrogen) atoms. The number of carbonyl (C=O) groups excluding carboxylic acids is 1. The average Bonchev–Trinajstić information content (AvgIpc) is 3.67. The number of benzene rings is 5. The number of aryl methyl sites for hydroxylation is 1. The van der Waals surface area contributed by atoms with E-state index in [0.717, 1.165) is 41.6 Å². The molecule has 1 aliphatic heterocycles. The first-order valence-electron chi connectivity index (χ1n) is 26.7. The lowest BCUT2D eigenvalue weighted by molar-refractivity contribution is -0.222. The van der Waals surface area contributed by atoms with Crippen LogP contribution in [-0.2, 0) is 40.0 Å². The van der Waals surface area contributed by atoms with Crippen LogP contribution in [0.15, 0.2) is 163 Å². The van der Waals surface area contributed by atoms with Gasteiger partial charge in [-0.3, -0.25) is 4.79 Å². The predicted octanol–water partition coefficient (Wildman–Crippen LogP) is 14.4. The lowest BCUT2D eigenvalue weighted by Crippen LogP contribution is -2.45. The third kappa shape index (κ3) is 14.5. The summed E-state index contributed by atoms with van der Waals surface area (Å²) in [5.74, 6) is 1.29. The molecule has 1 amide bonds. The van der Waals surface area contributed by atoms with E-state index < -0.39 is 20.2 Å². The molecule has 12 heteroatoms. The minimum absolute atomic E-state index is 0.0395. The molecule has 2 atom stereocenters. The maximum absolute atomic E-state index is 14.2. The minimum Gasteiger partial charge on any atom is -0.497 e. The molecule has 0 aromatic heterocycles. The van der Waals surface area contributed by atoms with E-state index in [-0.39, 0.29) is 55.1 Å². The van der Waals surface area contributed by atoms with Gasteiger partial charge in [-0.2, -0.15) is 9.94 Å². The summed E-state index contributed by atoms with van der Waals surface area (Å²) in [6.45, 7) is 25.0. The zero-order valence-electron chi connectivity index (χ0n) is 46.8. The maximum atomic E-state index is 14.2. The molecule has 6 rings (SSSR count). The molecule has 0 bridgehead atoms. The summed E-state index contributed by atoms with van der Waals surface area (Å²) in [6, 6.07) is 44.6. The van der Waals surface area contributed by atoms with E-state index in [1.54, 1.807) is 14.2 Å². The second-order valence-electron chi connectivity index (χ2n) is 21.0. The summed E-state index contributed by atoms with van der Waals surface area (Å²) in [5, 5.41) is 12.6. The fourth-order valence-corrected chi connectivity index (χ4v) is 11.6. The first-order valence-corrected chi connectivity index (χ1v) is 27.8. The molecule has 0 spiro atoms. The van der Waals surface area contributed by atoms with Crippen LogP contribution in [0.1, 0.15) is 121 Å². The predicted molar refractivity (Wildman–Crippen MR) is 308 cm³/mol. The van der Waals surface area contributed by atoms with Gasteiger partial charge in [-0.25, -0.2) is 9.56 Å². The van der Waals surface area contributed by atoms with Gasteiger partial charge in [0.25, 0.3) is 8.53 Å². The summed E-state index contributed by atoms with van der Waals surface area (Å²) in [5.41, 5.74) is 8.35. The molecule has 0 aliphatic carbocycles. The quantitative estimate of drug-likeness (QED) is 0.0124. The van der Waals surface area contributed by atoms with Crippen LogP contribution in [0.4, 0.5) is 5.69 Å². The van der Waals surface area contributed by atoms with E-state index in [2.05, 4.69) is 157 Å². The molecule has 11 nitrogen and oxygen atoms in total. The number of fused-ring (bicyclic) bond motifs is 1. The number of amides is 1. The van der Waals surface area contributed by atoms with Crippen LogP contribution in [0.2, 0.25) is 0 Å². The number of nitrogens with zero attached hydrogens (tertiary/aromatic N) is 3. The van der Waals surface area contributed by atoms with Gasteiger partial charge >= 0.3 is 0 Å². The van der Waals surface area contributed by atoms with Crippen LogP contribution in [0.5, 0.6) is 11.5 Å². The molecule has 1 aliphatic rings. The van der Waals surface area contributed by atoms with Crippen LogP contribution >= 0.6 is 8.53 Å². The number of hydrogen-bond donors (Lipinski definition) is 1. The molecular formula is C64H81N4O7P. The molecule has 5 aromatic rings. The van der Waals surface area contributed by atoms with Crippen molar-refractivity contribution in [3.8, 4) is 17.6 Å². The summed E-state index contributed by atoms with van der Waals surface area (Å²) in [7, 11) is 1.57. The second-order valence-corrected chi connectivity index (χ2v) is 22.3. The Hall–Kier alpha value is -6.09. The normalized spacial score (nSPS) is 14.8. The number of nitrogens with one attached hydrogen (secondary N) is 1. The van der Waals surface area contributed by atoms with Gasteiger partial charge in [0.15, 0.2) is 0 Å².